The minimum Gasteiger partial charge on any atom is -0.388 e. The van der Waals surface area contributed by atoms with Crippen LogP contribution in [0.25, 0.3) is 0 Å². The van der Waals surface area contributed by atoms with Crippen LogP contribution in [0, 0.1) is 18.7 Å². The summed E-state index contributed by atoms with van der Waals surface area (Å²) in [6.45, 7) is 1.70. The SMILES string of the molecule is Cc1ccc(Cl)c(C(O)C2CCCCC2)c1F. The first kappa shape index (κ1) is 12.8. The van der Waals surface area contributed by atoms with E-state index in [0.29, 0.717) is 16.1 Å². The first-order valence-electron chi connectivity index (χ1n) is 6.24. The Labute approximate surface area is 107 Å². The molecular formula is C14H18ClFO. The highest BCUT2D eigenvalue weighted by molar-refractivity contribution is 6.31. The van der Waals surface area contributed by atoms with Crippen molar-refractivity contribution < 1.29 is 9.50 Å². The van der Waals surface area contributed by atoms with Gasteiger partial charge < -0.3 is 5.11 Å². The molecule has 94 valence electrons. The van der Waals surface area contributed by atoms with E-state index >= 15 is 0 Å². The fourth-order valence-corrected chi connectivity index (χ4v) is 2.89. The lowest BCUT2D eigenvalue weighted by molar-refractivity contribution is 0.0816. The Morgan fingerprint density at radius 3 is 2.59 bits per heavy atom. The van der Waals surface area contributed by atoms with E-state index in [1.165, 1.54) is 6.42 Å². The molecule has 1 aliphatic rings. The smallest absolute Gasteiger partial charge is 0.133 e. The summed E-state index contributed by atoms with van der Waals surface area (Å²) in [6, 6.07) is 3.32. The van der Waals surface area contributed by atoms with Crippen LogP contribution < -0.4 is 0 Å². The maximum absolute atomic E-state index is 14.0. The first-order chi connectivity index (χ1) is 8.11. The van der Waals surface area contributed by atoms with Gasteiger partial charge in [-0.05, 0) is 37.3 Å². The molecule has 3 heteroatoms. The molecule has 0 heterocycles. The lowest BCUT2D eigenvalue weighted by Crippen LogP contribution is -2.17. The van der Waals surface area contributed by atoms with Gasteiger partial charge in [0, 0.05) is 10.6 Å². The van der Waals surface area contributed by atoms with E-state index in [-0.39, 0.29) is 11.7 Å². The molecule has 0 aromatic heterocycles. The second kappa shape index (κ2) is 5.36. The van der Waals surface area contributed by atoms with Crippen LogP contribution in [-0.2, 0) is 0 Å². The summed E-state index contributed by atoms with van der Waals surface area (Å²) in [6.07, 6.45) is 4.62. The van der Waals surface area contributed by atoms with Crippen molar-refractivity contribution in [1.82, 2.24) is 0 Å². The Kier molecular flexibility index (Phi) is 4.05. The van der Waals surface area contributed by atoms with Gasteiger partial charge in [-0.3, -0.25) is 0 Å². The Morgan fingerprint density at radius 2 is 1.94 bits per heavy atom. The number of aliphatic hydroxyl groups is 1. The van der Waals surface area contributed by atoms with Crippen molar-refractivity contribution in [3.63, 3.8) is 0 Å². The highest BCUT2D eigenvalue weighted by Crippen LogP contribution is 2.38. The van der Waals surface area contributed by atoms with Gasteiger partial charge in [-0.2, -0.15) is 0 Å². The molecule has 1 aliphatic carbocycles. The topological polar surface area (TPSA) is 20.2 Å². The van der Waals surface area contributed by atoms with Crippen molar-refractivity contribution in [2.75, 3.05) is 0 Å². The third-order valence-corrected chi connectivity index (χ3v) is 4.04. The van der Waals surface area contributed by atoms with E-state index in [1.807, 2.05) is 0 Å². The molecule has 1 aromatic rings. The molecule has 1 unspecified atom stereocenters. The van der Waals surface area contributed by atoms with Gasteiger partial charge in [-0.15, -0.1) is 0 Å². The third-order valence-electron chi connectivity index (χ3n) is 3.71. The van der Waals surface area contributed by atoms with Gasteiger partial charge in [0.2, 0.25) is 0 Å². The Hall–Kier alpha value is -0.600. The van der Waals surface area contributed by atoms with Crippen LogP contribution in [0.2, 0.25) is 5.02 Å². The Morgan fingerprint density at radius 1 is 1.29 bits per heavy atom. The summed E-state index contributed by atoms with van der Waals surface area (Å²) in [4.78, 5) is 0. The largest absolute Gasteiger partial charge is 0.388 e. The quantitative estimate of drug-likeness (QED) is 0.832. The zero-order chi connectivity index (χ0) is 12.4. The van der Waals surface area contributed by atoms with E-state index < -0.39 is 6.10 Å². The fraction of sp³-hybridized carbons (Fsp3) is 0.571. The molecule has 1 nitrogen and oxygen atoms in total. The van der Waals surface area contributed by atoms with Crippen molar-refractivity contribution in [3.8, 4) is 0 Å². The van der Waals surface area contributed by atoms with Crippen LogP contribution >= 0.6 is 11.6 Å². The minimum absolute atomic E-state index is 0.151. The number of hydrogen-bond donors (Lipinski definition) is 1. The maximum Gasteiger partial charge on any atom is 0.133 e. The van der Waals surface area contributed by atoms with Gasteiger partial charge >= 0.3 is 0 Å². The lowest BCUT2D eigenvalue weighted by Gasteiger charge is -2.27. The van der Waals surface area contributed by atoms with Crippen molar-refractivity contribution in [2.24, 2.45) is 5.92 Å². The van der Waals surface area contributed by atoms with Gasteiger partial charge in [0.05, 0.1) is 6.10 Å². The molecule has 0 amide bonds. The number of halogens is 2. The van der Waals surface area contributed by atoms with E-state index in [4.69, 9.17) is 11.6 Å². The maximum atomic E-state index is 14.0. The van der Waals surface area contributed by atoms with Crippen LogP contribution in [0.3, 0.4) is 0 Å². The van der Waals surface area contributed by atoms with Crippen LogP contribution in [0.4, 0.5) is 4.39 Å². The molecule has 0 saturated heterocycles. The molecule has 1 N–H and O–H groups in total. The predicted octanol–water partition coefficient (Wildman–Crippen LogP) is 4.40. The van der Waals surface area contributed by atoms with Crippen LogP contribution in [-0.4, -0.2) is 5.11 Å². The summed E-state index contributed by atoms with van der Waals surface area (Å²) in [5.41, 5.74) is 0.831. The number of aryl methyl sites for hydroxylation is 1. The van der Waals surface area contributed by atoms with Crippen LogP contribution in [0.5, 0.6) is 0 Å². The average Bonchev–Trinajstić information content (AvgIpc) is 2.35. The van der Waals surface area contributed by atoms with Gasteiger partial charge in [-0.25, -0.2) is 4.39 Å². The Balaban J connectivity index is 2.29. The standard InChI is InChI=1S/C14H18ClFO/c1-9-7-8-11(15)12(13(9)16)14(17)10-5-3-2-4-6-10/h7-8,10,14,17H,2-6H2,1H3. The molecule has 17 heavy (non-hydrogen) atoms. The lowest BCUT2D eigenvalue weighted by atomic mass is 9.82. The van der Waals surface area contributed by atoms with Gasteiger partial charge in [0.25, 0.3) is 0 Å². The highest BCUT2D eigenvalue weighted by Gasteiger charge is 2.27. The monoisotopic (exact) mass is 256 g/mol. The van der Waals surface area contributed by atoms with Crippen molar-refractivity contribution in [1.29, 1.82) is 0 Å². The molecule has 1 atom stereocenters. The molecule has 0 spiro atoms. The number of benzene rings is 1. The van der Waals surface area contributed by atoms with E-state index in [1.54, 1.807) is 19.1 Å². The zero-order valence-corrected chi connectivity index (χ0v) is 10.8. The second-order valence-corrected chi connectivity index (χ2v) is 5.34. The molecular weight excluding hydrogens is 239 g/mol. The normalized spacial score (nSPS) is 19.3. The summed E-state index contributed by atoms with van der Waals surface area (Å²) < 4.78 is 14.0. The Bertz CT molecular complexity index is 399. The minimum atomic E-state index is -0.761. The molecule has 1 aromatic carbocycles. The van der Waals surface area contributed by atoms with Crippen LogP contribution in [0.1, 0.15) is 49.3 Å². The second-order valence-electron chi connectivity index (χ2n) is 4.93. The predicted molar refractivity (Wildman–Crippen MR) is 67.7 cm³/mol. The summed E-state index contributed by atoms with van der Waals surface area (Å²) >= 11 is 6.02. The average molecular weight is 257 g/mol. The third kappa shape index (κ3) is 2.63. The van der Waals surface area contributed by atoms with E-state index in [9.17, 15) is 9.50 Å². The van der Waals surface area contributed by atoms with Crippen molar-refractivity contribution in [3.05, 3.63) is 34.1 Å². The van der Waals surface area contributed by atoms with Gasteiger partial charge in [0.1, 0.15) is 5.82 Å². The molecule has 2 rings (SSSR count). The summed E-state index contributed by atoms with van der Waals surface area (Å²) in [7, 11) is 0. The van der Waals surface area contributed by atoms with Gasteiger partial charge in [-0.1, -0.05) is 36.9 Å². The zero-order valence-electron chi connectivity index (χ0n) is 10.0. The van der Waals surface area contributed by atoms with Crippen molar-refractivity contribution >= 4 is 11.6 Å². The molecule has 1 saturated carbocycles. The fourth-order valence-electron chi connectivity index (χ4n) is 2.64. The number of rotatable bonds is 2. The molecule has 1 fully saturated rings. The first-order valence-corrected chi connectivity index (χ1v) is 6.61. The molecule has 0 radical (unpaired) electrons. The summed E-state index contributed by atoms with van der Waals surface area (Å²) in [5.74, 6) is -0.201. The highest BCUT2D eigenvalue weighted by atomic mass is 35.5. The van der Waals surface area contributed by atoms with E-state index in [0.717, 1.165) is 25.7 Å². The number of aliphatic hydroxyl groups excluding tert-OH is 1. The summed E-state index contributed by atoms with van der Waals surface area (Å²) in [5, 5.41) is 10.6. The molecule has 0 bridgehead atoms. The van der Waals surface area contributed by atoms with E-state index in [2.05, 4.69) is 0 Å². The number of hydrogen-bond acceptors (Lipinski definition) is 1. The van der Waals surface area contributed by atoms with Gasteiger partial charge in [0.15, 0.2) is 0 Å². The van der Waals surface area contributed by atoms with Crippen LogP contribution in [0.15, 0.2) is 12.1 Å². The molecule has 0 aliphatic heterocycles. The van der Waals surface area contributed by atoms with Crippen molar-refractivity contribution in [2.45, 2.75) is 45.1 Å².